The molecule has 0 aromatic heterocycles. The Morgan fingerprint density at radius 3 is 2.68 bits per heavy atom. The van der Waals surface area contributed by atoms with Crippen LogP contribution in [0.25, 0.3) is 0 Å². The second-order valence-electron chi connectivity index (χ2n) is 4.76. The fourth-order valence-corrected chi connectivity index (χ4v) is 2.18. The van der Waals surface area contributed by atoms with E-state index in [1.165, 1.54) is 0 Å². The van der Waals surface area contributed by atoms with E-state index in [0.29, 0.717) is 0 Å². The third-order valence-electron chi connectivity index (χ3n) is 3.19. The number of anilines is 1. The Hall–Kier alpha value is -0.770. The SMILES string of the molecule is CCNCc1ccc(N(C)CCCCCO)cc1Cl. The lowest BCUT2D eigenvalue weighted by Gasteiger charge is -2.20. The predicted octanol–water partition coefficient (Wildman–Crippen LogP) is 3.05. The molecule has 0 saturated heterocycles. The maximum Gasteiger partial charge on any atom is 0.0471 e. The van der Waals surface area contributed by atoms with E-state index >= 15 is 0 Å². The number of nitrogens with one attached hydrogen (secondary N) is 1. The van der Waals surface area contributed by atoms with Gasteiger partial charge >= 0.3 is 0 Å². The minimum Gasteiger partial charge on any atom is -0.396 e. The summed E-state index contributed by atoms with van der Waals surface area (Å²) in [6.45, 7) is 5.12. The van der Waals surface area contributed by atoms with E-state index in [-0.39, 0.29) is 6.61 Å². The molecule has 0 unspecified atom stereocenters. The summed E-state index contributed by atoms with van der Waals surface area (Å²) in [6, 6.07) is 6.23. The first-order chi connectivity index (χ1) is 9.19. The van der Waals surface area contributed by atoms with Gasteiger partial charge in [0.05, 0.1) is 0 Å². The lowest BCUT2D eigenvalue weighted by Crippen LogP contribution is -2.19. The summed E-state index contributed by atoms with van der Waals surface area (Å²) < 4.78 is 0. The van der Waals surface area contributed by atoms with E-state index in [1.807, 2.05) is 6.07 Å². The first-order valence-electron chi connectivity index (χ1n) is 7.00. The van der Waals surface area contributed by atoms with Crippen molar-refractivity contribution in [3.8, 4) is 0 Å². The molecule has 0 bridgehead atoms. The van der Waals surface area contributed by atoms with Crippen LogP contribution in [0.3, 0.4) is 0 Å². The highest BCUT2D eigenvalue weighted by molar-refractivity contribution is 6.31. The zero-order valence-corrected chi connectivity index (χ0v) is 12.7. The molecular weight excluding hydrogens is 260 g/mol. The van der Waals surface area contributed by atoms with Crippen LogP contribution in [0.1, 0.15) is 31.7 Å². The molecule has 0 atom stereocenters. The first kappa shape index (κ1) is 16.3. The quantitative estimate of drug-likeness (QED) is 0.684. The fraction of sp³-hybridized carbons (Fsp3) is 0.600. The minimum absolute atomic E-state index is 0.286. The van der Waals surface area contributed by atoms with Gasteiger partial charge < -0.3 is 15.3 Å². The van der Waals surface area contributed by atoms with Crippen LogP contribution in [0.15, 0.2) is 18.2 Å². The molecule has 0 aliphatic carbocycles. The van der Waals surface area contributed by atoms with Gasteiger partial charge in [0, 0.05) is 37.5 Å². The van der Waals surface area contributed by atoms with Gasteiger partial charge in [0.15, 0.2) is 0 Å². The largest absolute Gasteiger partial charge is 0.396 e. The van der Waals surface area contributed by atoms with Gasteiger partial charge in [-0.15, -0.1) is 0 Å². The molecule has 0 heterocycles. The van der Waals surface area contributed by atoms with Crippen molar-refractivity contribution in [3.63, 3.8) is 0 Å². The van der Waals surface area contributed by atoms with Crippen molar-refractivity contribution in [2.45, 2.75) is 32.7 Å². The molecular formula is C15H25ClN2O. The summed E-state index contributed by atoms with van der Waals surface area (Å²) in [7, 11) is 2.08. The second kappa shape index (κ2) is 9.18. The highest BCUT2D eigenvalue weighted by Gasteiger charge is 2.05. The summed E-state index contributed by atoms with van der Waals surface area (Å²) >= 11 is 6.29. The van der Waals surface area contributed by atoms with Crippen LogP contribution in [-0.4, -0.2) is 31.9 Å². The summed E-state index contributed by atoms with van der Waals surface area (Å²) in [5, 5.41) is 12.9. The van der Waals surface area contributed by atoms with Crippen LogP contribution < -0.4 is 10.2 Å². The minimum atomic E-state index is 0.286. The molecule has 108 valence electrons. The third-order valence-corrected chi connectivity index (χ3v) is 3.55. The molecule has 1 aromatic carbocycles. The number of halogens is 1. The van der Waals surface area contributed by atoms with E-state index in [2.05, 4.69) is 36.3 Å². The summed E-state index contributed by atoms with van der Waals surface area (Å²) in [5.41, 5.74) is 2.29. The summed E-state index contributed by atoms with van der Waals surface area (Å²) in [4.78, 5) is 2.21. The first-order valence-corrected chi connectivity index (χ1v) is 7.38. The molecule has 3 nitrogen and oxygen atoms in total. The molecule has 2 N–H and O–H groups in total. The summed E-state index contributed by atoms with van der Waals surface area (Å²) in [6.07, 6.45) is 3.04. The zero-order valence-electron chi connectivity index (χ0n) is 12.0. The van der Waals surface area contributed by atoms with Crippen molar-refractivity contribution in [2.75, 3.05) is 31.6 Å². The van der Waals surface area contributed by atoms with E-state index < -0.39 is 0 Å². The highest BCUT2D eigenvalue weighted by atomic mass is 35.5. The van der Waals surface area contributed by atoms with Gasteiger partial charge in [-0.2, -0.15) is 0 Å². The average molecular weight is 285 g/mol. The maximum atomic E-state index is 8.75. The van der Waals surface area contributed by atoms with Crippen LogP contribution in [0, 0.1) is 0 Å². The smallest absolute Gasteiger partial charge is 0.0471 e. The van der Waals surface area contributed by atoms with Crippen LogP contribution in [0.5, 0.6) is 0 Å². The number of rotatable bonds is 9. The number of nitrogens with zero attached hydrogens (tertiary/aromatic N) is 1. The van der Waals surface area contributed by atoms with Gasteiger partial charge in [-0.05, 0) is 43.5 Å². The van der Waals surface area contributed by atoms with Crippen molar-refractivity contribution in [1.82, 2.24) is 5.32 Å². The normalized spacial score (nSPS) is 10.7. The van der Waals surface area contributed by atoms with Crippen molar-refractivity contribution in [1.29, 1.82) is 0 Å². The van der Waals surface area contributed by atoms with Gasteiger partial charge in [0.2, 0.25) is 0 Å². The number of hydrogen-bond acceptors (Lipinski definition) is 3. The molecule has 0 spiro atoms. The fourth-order valence-electron chi connectivity index (χ4n) is 1.94. The Balaban J connectivity index is 2.51. The number of unbranched alkanes of at least 4 members (excludes halogenated alkanes) is 2. The van der Waals surface area contributed by atoms with Crippen LogP contribution in [0.2, 0.25) is 5.02 Å². The molecule has 19 heavy (non-hydrogen) atoms. The molecule has 4 heteroatoms. The van der Waals surface area contributed by atoms with Crippen molar-refractivity contribution >= 4 is 17.3 Å². The molecule has 0 radical (unpaired) electrons. The molecule has 0 aliphatic rings. The standard InChI is InChI=1S/C15H25ClN2O/c1-3-17-12-13-7-8-14(11-15(13)16)18(2)9-5-4-6-10-19/h7-8,11,17,19H,3-6,9-10,12H2,1-2H3. The topological polar surface area (TPSA) is 35.5 Å². The number of benzene rings is 1. The van der Waals surface area contributed by atoms with E-state index in [4.69, 9.17) is 16.7 Å². The predicted molar refractivity (Wildman–Crippen MR) is 83.0 cm³/mol. The Morgan fingerprint density at radius 1 is 1.26 bits per heavy atom. The molecule has 1 aromatic rings. The number of aliphatic hydroxyl groups is 1. The lowest BCUT2D eigenvalue weighted by atomic mass is 10.1. The second-order valence-corrected chi connectivity index (χ2v) is 5.17. The van der Waals surface area contributed by atoms with E-state index in [9.17, 15) is 0 Å². The molecule has 0 saturated carbocycles. The lowest BCUT2D eigenvalue weighted by molar-refractivity contribution is 0.283. The van der Waals surface area contributed by atoms with Gasteiger partial charge in [-0.3, -0.25) is 0 Å². The van der Waals surface area contributed by atoms with Crippen molar-refractivity contribution in [3.05, 3.63) is 28.8 Å². The number of hydrogen-bond donors (Lipinski definition) is 2. The number of aliphatic hydroxyl groups excluding tert-OH is 1. The monoisotopic (exact) mass is 284 g/mol. The molecule has 0 fully saturated rings. The Kier molecular flexibility index (Phi) is 7.87. The maximum absolute atomic E-state index is 8.75. The summed E-state index contributed by atoms with van der Waals surface area (Å²) in [5.74, 6) is 0. The van der Waals surface area contributed by atoms with Gasteiger partial charge in [0.1, 0.15) is 0 Å². The highest BCUT2D eigenvalue weighted by Crippen LogP contribution is 2.23. The van der Waals surface area contributed by atoms with Crippen LogP contribution in [-0.2, 0) is 6.54 Å². The Morgan fingerprint density at radius 2 is 2.05 bits per heavy atom. The van der Waals surface area contributed by atoms with Gasteiger partial charge in [0.25, 0.3) is 0 Å². The van der Waals surface area contributed by atoms with Gasteiger partial charge in [-0.1, -0.05) is 24.6 Å². The zero-order chi connectivity index (χ0) is 14.1. The Bertz CT molecular complexity index is 371. The van der Waals surface area contributed by atoms with Crippen LogP contribution in [0.4, 0.5) is 5.69 Å². The Labute approximate surface area is 121 Å². The molecule has 0 aliphatic heterocycles. The van der Waals surface area contributed by atoms with Crippen molar-refractivity contribution in [2.24, 2.45) is 0 Å². The van der Waals surface area contributed by atoms with Crippen molar-refractivity contribution < 1.29 is 5.11 Å². The average Bonchev–Trinajstić information content (AvgIpc) is 2.42. The molecule has 0 amide bonds. The third kappa shape index (κ3) is 5.81. The van der Waals surface area contributed by atoms with Crippen LogP contribution >= 0.6 is 11.6 Å². The van der Waals surface area contributed by atoms with Gasteiger partial charge in [-0.25, -0.2) is 0 Å². The van der Waals surface area contributed by atoms with E-state index in [0.717, 1.165) is 55.2 Å². The molecule has 1 rings (SSSR count). The van der Waals surface area contributed by atoms with E-state index in [1.54, 1.807) is 0 Å².